The average molecular weight is 264 g/mol. The summed E-state index contributed by atoms with van der Waals surface area (Å²) >= 11 is 0. The highest BCUT2D eigenvalue weighted by molar-refractivity contribution is 5.42. The molecule has 0 aromatic heterocycles. The van der Waals surface area contributed by atoms with Gasteiger partial charge in [0.2, 0.25) is 0 Å². The summed E-state index contributed by atoms with van der Waals surface area (Å²) in [5, 5.41) is 3.49. The molecule has 1 aromatic carbocycles. The van der Waals surface area contributed by atoms with Crippen LogP contribution in [0.2, 0.25) is 0 Å². The molecule has 1 saturated carbocycles. The minimum absolute atomic E-state index is 0.442. The minimum atomic E-state index is 0.442. The predicted octanol–water partition coefficient (Wildman–Crippen LogP) is 1.57. The smallest absolute Gasteiger partial charge is 0.160 e. The van der Waals surface area contributed by atoms with E-state index in [0.717, 1.165) is 36.9 Å². The lowest BCUT2D eigenvalue weighted by atomic mass is 9.81. The molecule has 4 nitrogen and oxygen atoms in total. The van der Waals surface area contributed by atoms with Gasteiger partial charge in [-0.05, 0) is 56.0 Å². The van der Waals surface area contributed by atoms with E-state index in [0.29, 0.717) is 6.04 Å². The normalized spacial score (nSPS) is 21.8. The summed E-state index contributed by atoms with van der Waals surface area (Å²) in [6, 6.07) is 6.53. The molecule has 0 aliphatic heterocycles. The lowest BCUT2D eigenvalue weighted by Crippen LogP contribution is -2.41. The SMILES string of the molecule is COc1ccc(CCNCC2CC(N)C2)cc1OC. The number of methoxy groups -OCH3 is 2. The van der Waals surface area contributed by atoms with Crippen molar-refractivity contribution in [2.45, 2.75) is 25.3 Å². The lowest BCUT2D eigenvalue weighted by molar-refractivity contribution is 0.257. The van der Waals surface area contributed by atoms with Crippen LogP contribution in [0.15, 0.2) is 18.2 Å². The maximum absolute atomic E-state index is 5.77. The van der Waals surface area contributed by atoms with Crippen molar-refractivity contribution in [2.24, 2.45) is 11.7 Å². The Morgan fingerprint density at radius 3 is 2.58 bits per heavy atom. The van der Waals surface area contributed by atoms with E-state index in [2.05, 4.69) is 11.4 Å². The zero-order chi connectivity index (χ0) is 13.7. The van der Waals surface area contributed by atoms with Crippen LogP contribution in [0.1, 0.15) is 18.4 Å². The van der Waals surface area contributed by atoms with Crippen molar-refractivity contribution in [2.75, 3.05) is 27.3 Å². The Hall–Kier alpha value is -1.26. The number of benzene rings is 1. The standard InChI is InChI=1S/C15H24N2O2/c1-18-14-4-3-11(9-15(14)19-2)5-6-17-10-12-7-13(16)8-12/h3-4,9,12-13,17H,5-8,10,16H2,1-2H3. The molecule has 2 rings (SSSR count). The molecule has 3 N–H and O–H groups in total. The van der Waals surface area contributed by atoms with Crippen LogP contribution in [0.4, 0.5) is 0 Å². The lowest BCUT2D eigenvalue weighted by Gasteiger charge is -2.32. The van der Waals surface area contributed by atoms with Gasteiger partial charge in [0.15, 0.2) is 11.5 Å². The van der Waals surface area contributed by atoms with Crippen LogP contribution in [-0.2, 0) is 6.42 Å². The van der Waals surface area contributed by atoms with Crippen LogP contribution in [0.25, 0.3) is 0 Å². The van der Waals surface area contributed by atoms with Gasteiger partial charge in [0.25, 0.3) is 0 Å². The largest absolute Gasteiger partial charge is 0.493 e. The fourth-order valence-corrected chi connectivity index (χ4v) is 2.53. The fraction of sp³-hybridized carbons (Fsp3) is 0.600. The molecule has 0 bridgehead atoms. The highest BCUT2D eigenvalue weighted by atomic mass is 16.5. The minimum Gasteiger partial charge on any atom is -0.493 e. The van der Waals surface area contributed by atoms with Crippen molar-refractivity contribution in [3.8, 4) is 11.5 Å². The van der Waals surface area contributed by atoms with Crippen molar-refractivity contribution >= 4 is 0 Å². The molecule has 1 aromatic rings. The third-order valence-corrected chi connectivity index (χ3v) is 3.74. The van der Waals surface area contributed by atoms with E-state index >= 15 is 0 Å². The Morgan fingerprint density at radius 1 is 1.21 bits per heavy atom. The Bertz CT molecular complexity index is 403. The Kier molecular flexibility index (Phi) is 5.05. The number of rotatable bonds is 7. The van der Waals surface area contributed by atoms with Crippen LogP contribution in [-0.4, -0.2) is 33.4 Å². The van der Waals surface area contributed by atoms with Gasteiger partial charge in [-0.1, -0.05) is 6.07 Å². The summed E-state index contributed by atoms with van der Waals surface area (Å²) in [7, 11) is 3.32. The molecule has 0 spiro atoms. The van der Waals surface area contributed by atoms with Crippen LogP contribution in [0.3, 0.4) is 0 Å². The second-order valence-electron chi connectivity index (χ2n) is 5.24. The molecule has 19 heavy (non-hydrogen) atoms. The van der Waals surface area contributed by atoms with E-state index in [1.54, 1.807) is 14.2 Å². The predicted molar refractivity (Wildman–Crippen MR) is 76.8 cm³/mol. The highest BCUT2D eigenvalue weighted by Gasteiger charge is 2.24. The van der Waals surface area contributed by atoms with Gasteiger partial charge in [0.1, 0.15) is 0 Å². The molecule has 106 valence electrons. The van der Waals surface area contributed by atoms with Crippen molar-refractivity contribution in [3.63, 3.8) is 0 Å². The van der Waals surface area contributed by atoms with Crippen LogP contribution >= 0.6 is 0 Å². The first-order chi connectivity index (χ1) is 9.22. The molecule has 0 saturated heterocycles. The van der Waals surface area contributed by atoms with Crippen LogP contribution in [0, 0.1) is 5.92 Å². The molecule has 0 radical (unpaired) electrons. The highest BCUT2D eigenvalue weighted by Crippen LogP contribution is 2.27. The third-order valence-electron chi connectivity index (χ3n) is 3.74. The molecule has 1 fully saturated rings. The Balaban J connectivity index is 1.73. The van der Waals surface area contributed by atoms with Gasteiger partial charge in [-0.3, -0.25) is 0 Å². The maximum atomic E-state index is 5.77. The molecule has 0 amide bonds. The number of nitrogens with one attached hydrogen (secondary N) is 1. The first-order valence-electron chi connectivity index (χ1n) is 6.90. The third kappa shape index (κ3) is 3.85. The molecule has 4 heteroatoms. The van der Waals surface area contributed by atoms with Crippen molar-refractivity contribution in [3.05, 3.63) is 23.8 Å². The summed E-state index contributed by atoms with van der Waals surface area (Å²) < 4.78 is 10.5. The summed E-state index contributed by atoms with van der Waals surface area (Å²) in [6.07, 6.45) is 3.34. The van der Waals surface area contributed by atoms with Crippen molar-refractivity contribution in [1.29, 1.82) is 0 Å². The molecule has 1 aliphatic rings. The van der Waals surface area contributed by atoms with E-state index in [4.69, 9.17) is 15.2 Å². The monoisotopic (exact) mass is 264 g/mol. The van der Waals surface area contributed by atoms with E-state index in [-0.39, 0.29) is 0 Å². The molecule has 1 aliphatic carbocycles. The van der Waals surface area contributed by atoms with Gasteiger partial charge in [-0.2, -0.15) is 0 Å². The molecular weight excluding hydrogens is 240 g/mol. The maximum Gasteiger partial charge on any atom is 0.160 e. The number of hydrogen-bond donors (Lipinski definition) is 2. The molecule has 0 atom stereocenters. The van der Waals surface area contributed by atoms with Crippen molar-refractivity contribution in [1.82, 2.24) is 5.32 Å². The van der Waals surface area contributed by atoms with Gasteiger partial charge >= 0.3 is 0 Å². The van der Waals surface area contributed by atoms with Gasteiger partial charge < -0.3 is 20.5 Å². The number of hydrogen-bond acceptors (Lipinski definition) is 4. The first-order valence-corrected chi connectivity index (χ1v) is 6.90. The Morgan fingerprint density at radius 2 is 1.95 bits per heavy atom. The molecule has 0 heterocycles. The molecular formula is C15H24N2O2. The zero-order valence-corrected chi connectivity index (χ0v) is 11.8. The van der Waals surface area contributed by atoms with E-state index in [1.165, 1.54) is 18.4 Å². The molecule has 0 unspecified atom stereocenters. The fourth-order valence-electron chi connectivity index (χ4n) is 2.53. The van der Waals surface area contributed by atoms with E-state index < -0.39 is 0 Å². The average Bonchev–Trinajstić information content (AvgIpc) is 2.40. The zero-order valence-electron chi connectivity index (χ0n) is 11.8. The summed E-state index contributed by atoms with van der Waals surface area (Å²) in [6.45, 7) is 2.07. The Labute approximate surface area is 115 Å². The first kappa shape index (κ1) is 14.2. The van der Waals surface area contributed by atoms with Gasteiger partial charge in [0, 0.05) is 6.04 Å². The van der Waals surface area contributed by atoms with Crippen LogP contribution in [0.5, 0.6) is 11.5 Å². The number of ether oxygens (including phenoxy) is 2. The summed E-state index contributed by atoms with van der Waals surface area (Å²) in [5.41, 5.74) is 7.03. The summed E-state index contributed by atoms with van der Waals surface area (Å²) in [5.74, 6) is 2.35. The topological polar surface area (TPSA) is 56.5 Å². The van der Waals surface area contributed by atoms with Crippen LogP contribution < -0.4 is 20.5 Å². The quantitative estimate of drug-likeness (QED) is 0.734. The van der Waals surface area contributed by atoms with E-state index in [1.807, 2.05) is 12.1 Å². The van der Waals surface area contributed by atoms with Gasteiger partial charge in [0.05, 0.1) is 14.2 Å². The van der Waals surface area contributed by atoms with Crippen molar-refractivity contribution < 1.29 is 9.47 Å². The second kappa shape index (κ2) is 6.78. The summed E-state index contributed by atoms with van der Waals surface area (Å²) in [4.78, 5) is 0. The second-order valence-corrected chi connectivity index (χ2v) is 5.24. The van der Waals surface area contributed by atoms with E-state index in [9.17, 15) is 0 Å². The van der Waals surface area contributed by atoms with Gasteiger partial charge in [-0.15, -0.1) is 0 Å². The number of nitrogens with two attached hydrogens (primary N) is 1. The van der Waals surface area contributed by atoms with Gasteiger partial charge in [-0.25, -0.2) is 0 Å².